The van der Waals surface area contributed by atoms with Crippen LogP contribution < -0.4 is 0 Å². The Morgan fingerprint density at radius 3 is 2.73 bits per heavy atom. The Bertz CT molecular complexity index is 112. The van der Waals surface area contributed by atoms with Gasteiger partial charge >= 0.3 is 0 Å². The van der Waals surface area contributed by atoms with Crippen LogP contribution in [0.2, 0.25) is 0 Å². The maximum Gasteiger partial charge on any atom is 0.135 e. The van der Waals surface area contributed by atoms with Crippen LogP contribution in [0.25, 0.3) is 0 Å². The minimum absolute atomic E-state index is 0.105. The Balaban J connectivity index is 3.35. The van der Waals surface area contributed by atoms with Crippen molar-refractivity contribution in [1.82, 2.24) is 0 Å². The first-order valence-electron chi connectivity index (χ1n) is 3.89. The number of carbonyl (C=O) groups is 1. The van der Waals surface area contributed by atoms with E-state index in [4.69, 9.17) is 4.74 Å². The standard InChI is InChI=1S/C8H16O3/c1-3-7(9)6-8(10)4-5-11-2/h8,10H,3-6H2,1-2H3. The first kappa shape index (κ1) is 10.6. The minimum Gasteiger partial charge on any atom is -0.393 e. The quantitative estimate of drug-likeness (QED) is 0.623. The molecule has 0 aromatic carbocycles. The second kappa shape index (κ2) is 6.31. The number of aliphatic hydroxyl groups is 1. The van der Waals surface area contributed by atoms with E-state index in [9.17, 15) is 9.90 Å². The van der Waals surface area contributed by atoms with Gasteiger partial charge in [-0.25, -0.2) is 0 Å². The summed E-state index contributed by atoms with van der Waals surface area (Å²) < 4.78 is 4.76. The van der Waals surface area contributed by atoms with Crippen LogP contribution in [-0.2, 0) is 9.53 Å². The number of ketones is 1. The van der Waals surface area contributed by atoms with Gasteiger partial charge in [-0.05, 0) is 6.42 Å². The Hall–Kier alpha value is -0.410. The van der Waals surface area contributed by atoms with Gasteiger partial charge in [-0.3, -0.25) is 4.79 Å². The van der Waals surface area contributed by atoms with Gasteiger partial charge < -0.3 is 9.84 Å². The monoisotopic (exact) mass is 160 g/mol. The molecule has 0 aliphatic rings. The summed E-state index contributed by atoms with van der Waals surface area (Å²) in [6.45, 7) is 2.31. The molecule has 11 heavy (non-hydrogen) atoms. The number of ether oxygens (including phenoxy) is 1. The van der Waals surface area contributed by atoms with Crippen LogP contribution in [0.5, 0.6) is 0 Å². The van der Waals surface area contributed by atoms with Gasteiger partial charge in [0.25, 0.3) is 0 Å². The summed E-state index contributed by atoms with van der Waals surface area (Å²) in [7, 11) is 1.58. The SMILES string of the molecule is CCC(=O)CC(O)CCOC. The largest absolute Gasteiger partial charge is 0.393 e. The molecule has 0 spiro atoms. The van der Waals surface area contributed by atoms with Crippen LogP contribution in [0.4, 0.5) is 0 Å². The average molecular weight is 160 g/mol. The Morgan fingerprint density at radius 2 is 2.27 bits per heavy atom. The lowest BCUT2D eigenvalue weighted by Crippen LogP contribution is -2.14. The van der Waals surface area contributed by atoms with Gasteiger partial charge in [-0.1, -0.05) is 6.92 Å². The van der Waals surface area contributed by atoms with Crippen molar-refractivity contribution < 1.29 is 14.6 Å². The maximum absolute atomic E-state index is 10.8. The lowest BCUT2D eigenvalue weighted by molar-refractivity contribution is -0.120. The Labute approximate surface area is 67.4 Å². The third-order valence-electron chi connectivity index (χ3n) is 1.51. The first-order chi connectivity index (χ1) is 5.20. The fourth-order valence-electron chi connectivity index (χ4n) is 0.763. The van der Waals surface area contributed by atoms with Gasteiger partial charge in [0.05, 0.1) is 6.10 Å². The highest BCUT2D eigenvalue weighted by atomic mass is 16.5. The fraction of sp³-hybridized carbons (Fsp3) is 0.875. The summed E-state index contributed by atoms with van der Waals surface area (Å²) >= 11 is 0. The predicted octanol–water partition coefficient (Wildman–Crippen LogP) is 0.753. The molecule has 0 aromatic rings. The van der Waals surface area contributed by atoms with Crippen LogP contribution in [0.1, 0.15) is 26.2 Å². The number of carbonyl (C=O) groups excluding carboxylic acids is 1. The summed E-state index contributed by atoms with van der Waals surface area (Å²) in [5, 5.41) is 9.18. The molecule has 0 fully saturated rings. The van der Waals surface area contributed by atoms with Crippen LogP contribution in [0.3, 0.4) is 0 Å². The lowest BCUT2D eigenvalue weighted by atomic mass is 10.1. The van der Waals surface area contributed by atoms with Crippen molar-refractivity contribution in [2.75, 3.05) is 13.7 Å². The van der Waals surface area contributed by atoms with Crippen LogP contribution in [-0.4, -0.2) is 30.7 Å². The molecule has 3 nitrogen and oxygen atoms in total. The molecule has 66 valence electrons. The van der Waals surface area contributed by atoms with E-state index >= 15 is 0 Å². The highest BCUT2D eigenvalue weighted by molar-refractivity contribution is 5.78. The highest BCUT2D eigenvalue weighted by Crippen LogP contribution is 2.00. The van der Waals surface area contributed by atoms with E-state index in [0.29, 0.717) is 19.4 Å². The van der Waals surface area contributed by atoms with Gasteiger partial charge in [0.15, 0.2) is 0 Å². The predicted molar refractivity (Wildman–Crippen MR) is 42.4 cm³/mol. The molecule has 1 N–H and O–H groups in total. The maximum atomic E-state index is 10.8. The normalized spacial score (nSPS) is 13.0. The molecule has 0 bridgehead atoms. The molecule has 0 saturated heterocycles. The minimum atomic E-state index is -0.526. The zero-order chi connectivity index (χ0) is 8.69. The molecular weight excluding hydrogens is 144 g/mol. The van der Waals surface area contributed by atoms with Gasteiger partial charge in [-0.15, -0.1) is 0 Å². The van der Waals surface area contributed by atoms with Crippen molar-refractivity contribution in [3.8, 4) is 0 Å². The first-order valence-corrected chi connectivity index (χ1v) is 3.89. The highest BCUT2D eigenvalue weighted by Gasteiger charge is 2.07. The smallest absolute Gasteiger partial charge is 0.135 e. The summed E-state index contributed by atoms with van der Waals surface area (Å²) in [4.78, 5) is 10.8. The van der Waals surface area contributed by atoms with E-state index < -0.39 is 6.10 Å². The third kappa shape index (κ3) is 6.01. The van der Waals surface area contributed by atoms with Crippen molar-refractivity contribution in [3.63, 3.8) is 0 Å². The zero-order valence-electron chi connectivity index (χ0n) is 7.17. The van der Waals surface area contributed by atoms with E-state index in [-0.39, 0.29) is 12.2 Å². The van der Waals surface area contributed by atoms with Crippen LogP contribution >= 0.6 is 0 Å². The van der Waals surface area contributed by atoms with Gasteiger partial charge in [0.2, 0.25) is 0 Å². The van der Waals surface area contributed by atoms with E-state index in [1.165, 1.54) is 0 Å². The molecule has 0 saturated carbocycles. The molecule has 0 rings (SSSR count). The summed E-state index contributed by atoms with van der Waals surface area (Å²) in [5.74, 6) is 0.105. The second-order valence-corrected chi connectivity index (χ2v) is 2.53. The summed E-state index contributed by atoms with van der Waals surface area (Å²) in [6, 6.07) is 0. The van der Waals surface area contributed by atoms with E-state index in [1.807, 2.05) is 0 Å². The van der Waals surface area contributed by atoms with Crippen LogP contribution in [0, 0.1) is 0 Å². The fourth-order valence-corrected chi connectivity index (χ4v) is 0.763. The van der Waals surface area contributed by atoms with Crippen molar-refractivity contribution in [2.24, 2.45) is 0 Å². The van der Waals surface area contributed by atoms with Gasteiger partial charge in [-0.2, -0.15) is 0 Å². The van der Waals surface area contributed by atoms with E-state index in [0.717, 1.165) is 0 Å². The molecule has 1 atom stereocenters. The van der Waals surface area contributed by atoms with Crippen molar-refractivity contribution in [1.29, 1.82) is 0 Å². The molecule has 0 aromatic heterocycles. The molecule has 1 unspecified atom stereocenters. The lowest BCUT2D eigenvalue weighted by Gasteiger charge is -2.07. The molecule has 0 heterocycles. The molecule has 0 aliphatic carbocycles. The molecule has 3 heteroatoms. The molecule has 0 aliphatic heterocycles. The Kier molecular flexibility index (Phi) is 6.07. The second-order valence-electron chi connectivity index (χ2n) is 2.53. The number of hydrogen-bond acceptors (Lipinski definition) is 3. The number of hydrogen-bond donors (Lipinski definition) is 1. The molecule has 0 radical (unpaired) electrons. The van der Waals surface area contributed by atoms with Crippen molar-refractivity contribution >= 4 is 5.78 Å². The van der Waals surface area contributed by atoms with Crippen LogP contribution in [0.15, 0.2) is 0 Å². The van der Waals surface area contributed by atoms with Gasteiger partial charge in [0.1, 0.15) is 5.78 Å². The van der Waals surface area contributed by atoms with E-state index in [1.54, 1.807) is 14.0 Å². The number of Topliss-reactive ketones (excluding diaryl/α,β-unsaturated/α-hetero) is 1. The summed E-state index contributed by atoms with van der Waals surface area (Å²) in [5.41, 5.74) is 0. The Morgan fingerprint density at radius 1 is 1.64 bits per heavy atom. The molecular formula is C8H16O3. The van der Waals surface area contributed by atoms with E-state index in [2.05, 4.69) is 0 Å². The zero-order valence-corrected chi connectivity index (χ0v) is 7.17. The summed E-state index contributed by atoms with van der Waals surface area (Å²) in [6.07, 6.45) is 0.786. The average Bonchev–Trinajstić information content (AvgIpc) is 2.00. The number of methoxy groups -OCH3 is 1. The van der Waals surface area contributed by atoms with Gasteiger partial charge in [0, 0.05) is 26.6 Å². The topological polar surface area (TPSA) is 46.5 Å². The van der Waals surface area contributed by atoms with Crippen molar-refractivity contribution in [3.05, 3.63) is 0 Å². The third-order valence-corrected chi connectivity index (χ3v) is 1.51. The molecule has 0 amide bonds. The number of aliphatic hydroxyl groups excluding tert-OH is 1. The van der Waals surface area contributed by atoms with Crippen molar-refractivity contribution in [2.45, 2.75) is 32.3 Å². The number of rotatable bonds is 6.